The quantitative estimate of drug-likeness (QED) is 0.376. The molecule has 5 rings (SSSR count). The van der Waals surface area contributed by atoms with Crippen LogP contribution in [0.4, 0.5) is 5.69 Å². The van der Waals surface area contributed by atoms with E-state index in [4.69, 9.17) is 21.7 Å². The van der Waals surface area contributed by atoms with Crippen LogP contribution in [-0.2, 0) is 19.5 Å². The van der Waals surface area contributed by atoms with Gasteiger partial charge in [-0.1, -0.05) is 55.5 Å². The van der Waals surface area contributed by atoms with Crippen LogP contribution >= 0.6 is 12.2 Å². The molecule has 3 aromatic carbocycles. The van der Waals surface area contributed by atoms with Crippen LogP contribution in [0.3, 0.4) is 0 Å². The molecule has 2 N–H and O–H groups in total. The Labute approximate surface area is 203 Å². The molecular weight excluding hydrogens is 446 g/mol. The summed E-state index contributed by atoms with van der Waals surface area (Å²) >= 11 is 5.83. The average molecular weight is 472 g/mol. The number of benzene rings is 3. The van der Waals surface area contributed by atoms with Crippen LogP contribution in [0.1, 0.15) is 23.6 Å². The number of aryl methyl sites for hydroxylation is 1. The van der Waals surface area contributed by atoms with Gasteiger partial charge in [-0.25, -0.2) is 0 Å². The number of aromatic nitrogens is 1. The average Bonchev–Trinajstić information content (AvgIpc) is 3.31. The first-order chi connectivity index (χ1) is 16.6. The van der Waals surface area contributed by atoms with Crippen molar-refractivity contribution < 1.29 is 9.47 Å². The molecule has 4 aromatic rings. The van der Waals surface area contributed by atoms with Gasteiger partial charge in [0.25, 0.3) is 5.56 Å². The lowest BCUT2D eigenvalue weighted by Crippen LogP contribution is -2.35. The van der Waals surface area contributed by atoms with Gasteiger partial charge in [0.1, 0.15) is 0 Å². The summed E-state index contributed by atoms with van der Waals surface area (Å²) in [6, 6.07) is 23.8. The highest BCUT2D eigenvalue weighted by Crippen LogP contribution is 2.35. The Kier molecular flexibility index (Phi) is 6.18. The van der Waals surface area contributed by atoms with E-state index in [-0.39, 0.29) is 12.4 Å². The van der Waals surface area contributed by atoms with Gasteiger partial charge in [-0.15, -0.1) is 0 Å². The Balaban J connectivity index is 1.47. The minimum atomic E-state index is -0.152. The molecule has 0 saturated heterocycles. The molecule has 6 nitrogen and oxygen atoms in total. The Hall–Kier alpha value is -3.84. The highest BCUT2D eigenvalue weighted by atomic mass is 32.1. The Bertz CT molecular complexity index is 1400. The lowest BCUT2D eigenvalue weighted by atomic mass is 10.1. The number of para-hydroxylation sites is 1. The van der Waals surface area contributed by atoms with Crippen LogP contribution in [-0.4, -0.2) is 21.8 Å². The van der Waals surface area contributed by atoms with E-state index in [1.807, 2.05) is 53.4 Å². The van der Waals surface area contributed by atoms with Crippen LogP contribution < -0.4 is 20.3 Å². The van der Waals surface area contributed by atoms with Crippen LogP contribution in [0.2, 0.25) is 0 Å². The summed E-state index contributed by atoms with van der Waals surface area (Å²) in [5.74, 6) is 1.32. The zero-order chi connectivity index (χ0) is 23.5. The van der Waals surface area contributed by atoms with E-state index >= 15 is 0 Å². The number of aromatic amines is 1. The fourth-order valence-corrected chi connectivity index (χ4v) is 4.35. The number of ether oxygens (including phenoxy) is 2. The Morgan fingerprint density at radius 1 is 0.971 bits per heavy atom. The predicted octanol–water partition coefficient (Wildman–Crippen LogP) is 5.22. The Morgan fingerprint density at radius 2 is 1.71 bits per heavy atom. The topological polar surface area (TPSA) is 66.6 Å². The number of H-pyrrole nitrogens is 1. The fraction of sp³-hybridized carbons (Fsp3) is 0.185. The first-order valence-corrected chi connectivity index (χ1v) is 11.6. The molecular formula is C27H25N3O3S. The molecule has 34 heavy (non-hydrogen) atoms. The van der Waals surface area contributed by atoms with E-state index in [0.29, 0.717) is 40.8 Å². The van der Waals surface area contributed by atoms with Gasteiger partial charge in [-0.05, 0) is 48.0 Å². The maximum absolute atomic E-state index is 13.0. The second kappa shape index (κ2) is 9.57. The summed E-state index contributed by atoms with van der Waals surface area (Å²) in [4.78, 5) is 18.0. The van der Waals surface area contributed by atoms with Crippen molar-refractivity contribution in [1.82, 2.24) is 9.88 Å². The summed E-state index contributed by atoms with van der Waals surface area (Å²) in [5.41, 5.74) is 4.45. The molecule has 0 bridgehead atoms. The third-order valence-electron chi connectivity index (χ3n) is 5.92. The maximum Gasteiger partial charge on any atom is 0.253 e. The molecule has 0 saturated carbocycles. The van der Waals surface area contributed by atoms with Crippen molar-refractivity contribution in [2.75, 3.05) is 12.1 Å². The highest BCUT2D eigenvalue weighted by Gasteiger charge is 2.18. The number of nitrogens with one attached hydrogen (secondary N) is 2. The minimum absolute atomic E-state index is 0.152. The van der Waals surface area contributed by atoms with E-state index in [1.54, 1.807) is 6.07 Å². The molecule has 0 aliphatic carbocycles. The van der Waals surface area contributed by atoms with Crippen molar-refractivity contribution in [2.24, 2.45) is 0 Å². The minimum Gasteiger partial charge on any atom is -0.454 e. The van der Waals surface area contributed by atoms with E-state index in [1.165, 1.54) is 5.56 Å². The zero-order valence-corrected chi connectivity index (χ0v) is 19.7. The van der Waals surface area contributed by atoms with Crippen molar-refractivity contribution in [3.8, 4) is 11.5 Å². The number of nitrogens with zero attached hydrogens (tertiary/aromatic N) is 1. The summed E-state index contributed by atoms with van der Waals surface area (Å²) in [6.45, 7) is 3.23. The number of anilines is 1. The molecule has 1 aromatic heterocycles. The molecule has 1 aliphatic heterocycles. The number of hydrogen-bond donors (Lipinski definition) is 2. The second-order valence-corrected chi connectivity index (χ2v) is 8.59. The van der Waals surface area contributed by atoms with Crippen molar-refractivity contribution in [2.45, 2.75) is 26.4 Å². The molecule has 0 amide bonds. The van der Waals surface area contributed by atoms with Gasteiger partial charge in [0.2, 0.25) is 6.79 Å². The summed E-state index contributed by atoms with van der Waals surface area (Å²) in [5, 5.41) is 4.85. The SMILES string of the molecule is CCc1ccccc1NC(=S)N(Cc1ccccc1)Cc1cc2cc3c(cc2[nH]c1=O)OCO3. The highest BCUT2D eigenvalue weighted by molar-refractivity contribution is 7.80. The molecule has 0 unspecified atom stereocenters. The zero-order valence-electron chi connectivity index (χ0n) is 18.8. The van der Waals surface area contributed by atoms with E-state index in [0.717, 1.165) is 23.1 Å². The van der Waals surface area contributed by atoms with E-state index in [2.05, 4.69) is 35.4 Å². The van der Waals surface area contributed by atoms with Gasteiger partial charge in [-0.2, -0.15) is 0 Å². The van der Waals surface area contributed by atoms with Crippen LogP contribution in [0, 0.1) is 0 Å². The predicted molar refractivity (Wildman–Crippen MR) is 138 cm³/mol. The molecule has 1 aliphatic rings. The van der Waals surface area contributed by atoms with Gasteiger partial charge in [0.15, 0.2) is 16.6 Å². The molecule has 7 heteroatoms. The molecule has 0 atom stereocenters. The van der Waals surface area contributed by atoms with Crippen LogP contribution in [0.25, 0.3) is 10.9 Å². The first kappa shape index (κ1) is 22.0. The van der Waals surface area contributed by atoms with Gasteiger partial charge in [-0.3, -0.25) is 4.79 Å². The van der Waals surface area contributed by atoms with Gasteiger partial charge in [0.05, 0.1) is 12.1 Å². The molecule has 0 spiro atoms. The lowest BCUT2D eigenvalue weighted by Gasteiger charge is -2.26. The summed E-state index contributed by atoms with van der Waals surface area (Å²) in [6.07, 6.45) is 0.894. The maximum atomic E-state index is 13.0. The van der Waals surface area contributed by atoms with Crippen molar-refractivity contribution in [3.63, 3.8) is 0 Å². The van der Waals surface area contributed by atoms with Crippen molar-refractivity contribution >= 4 is 33.9 Å². The largest absolute Gasteiger partial charge is 0.454 e. The number of thiocarbonyl (C=S) groups is 1. The van der Waals surface area contributed by atoms with Crippen molar-refractivity contribution in [3.05, 3.63) is 99.8 Å². The second-order valence-electron chi connectivity index (χ2n) is 8.20. The molecule has 0 radical (unpaired) electrons. The smallest absolute Gasteiger partial charge is 0.253 e. The lowest BCUT2D eigenvalue weighted by molar-refractivity contribution is 0.174. The van der Waals surface area contributed by atoms with Crippen LogP contribution in [0.15, 0.2) is 77.6 Å². The summed E-state index contributed by atoms with van der Waals surface area (Å²) < 4.78 is 10.9. The monoisotopic (exact) mass is 471 g/mol. The molecule has 2 heterocycles. The van der Waals surface area contributed by atoms with E-state index in [9.17, 15) is 4.79 Å². The number of hydrogen-bond acceptors (Lipinski definition) is 4. The third-order valence-corrected chi connectivity index (χ3v) is 6.28. The fourth-order valence-electron chi connectivity index (χ4n) is 4.11. The normalized spacial score (nSPS) is 12.0. The van der Waals surface area contributed by atoms with Gasteiger partial charge < -0.3 is 24.7 Å². The Morgan fingerprint density at radius 3 is 2.50 bits per heavy atom. The number of pyridine rings is 1. The third kappa shape index (κ3) is 4.61. The van der Waals surface area contributed by atoms with Crippen molar-refractivity contribution in [1.29, 1.82) is 0 Å². The first-order valence-electron chi connectivity index (χ1n) is 11.2. The number of rotatable bonds is 6. The molecule has 0 fully saturated rings. The van der Waals surface area contributed by atoms with E-state index < -0.39 is 0 Å². The van der Waals surface area contributed by atoms with Crippen LogP contribution in [0.5, 0.6) is 11.5 Å². The van der Waals surface area contributed by atoms with Gasteiger partial charge in [0, 0.05) is 29.2 Å². The standard InChI is InChI=1S/C27H25N3O3S/c1-2-19-10-6-7-11-22(19)29-27(34)30(15-18-8-4-3-5-9-18)16-21-12-20-13-24-25(33-17-32-24)14-23(20)28-26(21)31/h3-14H,2,15-17H2,1H3,(H,28,31)(H,29,34). The summed E-state index contributed by atoms with van der Waals surface area (Å²) in [7, 11) is 0. The van der Waals surface area contributed by atoms with Gasteiger partial charge >= 0.3 is 0 Å². The molecule has 172 valence electrons. The number of fused-ring (bicyclic) bond motifs is 2.